The van der Waals surface area contributed by atoms with Gasteiger partial charge in [0.1, 0.15) is 30.3 Å². The lowest BCUT2D eigenvalue weighted by atomic mass is 10.2. The number of benzene rings is 1. The summed E-state index contributed by atoms with van der Waals surface area (Å²) in [6, 6.07) is 4.63. The van der Waals surface area contributed by atoms with Crippen molar-refractivity contribution in [3.05, 3.63) is 49.1 Å². The molecule has 0 fully saturated rings. The number of carbonyl (C=O) groups is 1. The maximum absolute atomic E-state index is 11.0. The largest absolute Gasteiger partial charge is 0.490 e. The molecular formula is C13H14O4. The van der Waals surface area contributed by atoms with Crippen molar-refractivity contribution < 1.29 is 19.4 Å². The van der Waals surface area contributed by atoms with Crippen LogP contribution in [0.4, 0.5) is 0 Å². The second-order valence-electron chi connectivity index (χ2n) is 3.16. The molecule has 90 valence electrons. The van der Waals surface area contributed by atoms with Crippen LogP contribution >= 0.6 is 0 Å². The number of hydrogen-bond donors (Lipinski definition) is 1. The fourth-order valence-electron chi connectivity index (χ4n) is 1.20. The van der Waals surface area contributed by atoms with Crippen molar-refractivity contribution >= 4 is 5.97 Å². The Balaban J connectivity index is 2.94. The van der Waals surface area contributed by atoms with Crippen molar-refractivity contribution in [1.82, 2.24) is 0 Å². The number of carboxylic acid groups (broad SMARTS) is 1. The van der Waals surface area contributed by atoms with Gasteiger partial charge in [-0.1, -0.05) is 25.3 Å². The quantitative estimate of drug-likeness (QED) is 0.736. The molecule has 1 rings (SSSR count). The molecule has 4 heteroatoms. The Morgan fingerprint density at radius 3 is 2.47 bits per heavy atom. The summed E-state index contributed by atoms with van der Waals surface area (Å²) in [5.41, 5.74) is 0.0633. The number of carboxylic acids is 1. The molecule has 1 aromatic rings. The molecule has 0 radical (unpaired) electrons. The van der Waals surface area contributed by atoms with E-state index in [1.165, 1.54) is 6.07 Å². The van der Waals surface area contributed by atoms with Crippen molar-refractivity contribution in [3.8, 4) is 11.5 Å². The SMILES string of the molecule is C=CCOc1ccc(OCC=C)c(C(=O)O)c1. The summed E-state index contributed by atoms with van der Waals surface area (Å²) in [5.74, 6) is -0.301. The number of hydrogen-bond acceptors (Lipinski definition) is 3. The molecule has 1 N–H and O–H groups in total. The molecule has 1 aromatic carbocycles. The van der Waals surface area contributed by atoms with Crippen LogP contribution in [0.3, 0.4) is 0 Å². The van der Waals surface area contributed by atoms with Crippen molar-refractivity contribution in [1.29, 1.82) is 0 Å². The van der Waals surface area contributed by atoms with E-state index >= 15 is 0 Å². The normalized spacial score (nSPS) is 9.41. The number of aromatic carboxylic acids is 1. The topological polar surface area (TPSA) is 55.8 Å². The highest BCUT2D eigenvalue weighted by atomic mass is 16.5. The molecule has 0 atom stereocenters. The van der Waals surface area contributed by atoms with Crippen molar-refractivity contribution in [2.24, 2.45) is 0 Å². The van der Waals surface area contributed by atoms with Crippen LogP contribution in [-0.4, -0.2) is 24.3 Å². The van der Waals surface area contributed by atoms with E-state index in [0.29, 0.717) is 18.1 Å². The fourth-order valence-corrected chi connectivity index (χ4v) is 1.20. The van der Waals surface area contributed by atoms with Crippen molar-refractivity contribution in [2.45, 2.75) is 0 Å². The summed E-state index contributed by atoms with van der Waals surface area (Å²) in [6.45, 7) is 7.60. The van der Waals surface area contributed by atoms with Gasteiger partial charge >= 0.3 is 5.97 Å². The molecule has 17 heavy (non-hydrogen) atoms. The highest BCUT2D eigenvalue weighted by Gasteiger charge is 2.12. The minimum absolute atomic E-state index is 0.0633. The summed E-state index contributed by atoms with van der Waals surface area (Å²) in [6.07, 6.45) is 3.14. The van der Waals surface area contributed by atoms with E-state index < -0.39 is 5.97 Å². The predicted molar refractivity (Wildman–Crippen MR) is 64.8 cm³/mol. The molecule has 0 aromatic heterocycles. The van der Waals surface area contributed by atoms with E-state index in [9.17, 15) is 4.79 Å². The van der Waals surface area contributed by atoms with Crippen molar-refractivity contribution in [2.75, 3.05) is 13.2 Å². The molecule has 0 unspecified atom stereocenters. The van der Waals surface area contributed by atoms with Gasteiger partial charge in [-0.15, -0.1) is 0 Å². The van der Waals surface area contributed by atoms with Gasteiger partial charge in [-0.05, 0) is 18.2 Å². The molecule has 0 spiro atoms. The van der Waals surface area contributed by atoms with E-state index in [2.05, 4.69) is 13.2 Å². The van der Waals surface area contributed by atoms with Crippen LogP contribution in [0.2, 0.25) is 0 Å². The van der Waals surface area contributed by atoms with Gasteiger partial charge in [0.15, 0.2) is 0 Å². The average molecular weight is 234 g/mol. The van der Waals surface area contributed by atoms with Gasteiger partial charge in [0.05, 0.1) is 0 Å². The summed E-state index contributed by atoms with van der Waals surface area (Å²) in [7, 11) is 0. The van der Waals surface area contributed by atoms with Crippen molar-refractivity contribution in [3.63, 3.8) is 0 Å². The lowest BCUT2D eigenvalue weighted by Gasteiger charge is -2.09. The fraction of sp³-hybridized carbons (Fsp3) is 0.154. The van der Waals surface area contributed by atoms with E-state index in [0.717, 1.165) is 0 Å². The van der Waals surface area contributed by atoms with Crippen LogP contribution in [0.5, 0.6) is 11.5 Å². The second kappa shape index (κ2) is 6.37. The van der Waals surface area contributed by atoms with E-state index in [4.69, 9.17) is 14.6 Å². The zero-order valence-electron chi connectivity index (χ0n) is 9.39. The Bertz CT molecular complexity index is 423. The molecule has 0 aliphatic carbocycles. The molecule has 0 amide bonds. The van der Waals surface area contributed by atoms with E-state index in [1.54, 1.807) is 24.3 Å². The molecule has 4 nitrogen and oxygen atoms in total. The Labute approximate surface area is 99.8 Å². The predicted octanol–water partition coefficient (Wildman–Crippen LogP) is 2.51. The number of rotatable bonds is 7. The molecule has 0 aliphatic heterocycles. The Morgan fingerprint density at radius 1 is 1.24 bits per heavy atom. The summed E-state index contributed by atoms with van der Waals surface area (Å²) >= 11 is 0. The number of ether oxygens (including phenoxy) is 2. The molecule has 0 heterocycles. The highest BCUT2D eigenvalue weighted by Crippen LogP contribution is 2.24. The summed E-state index contributed by atoms with van der Waals surface area (Å²) < 4.78 is 10.5. The summed E-state index contributed by atoms with van der Waals surface area (Å²) in [5, 5.41) is 9.03. The van der Waals surface area contributed by atoms with E-state index in [1.807, 2.05) is 0 Å². The maximum Gasteiger partial charge on any atom is 0.339 e. The first-order valence-electron chi connectivity index (χ1n) is 5.03. The van der Waals surface area contributed by atoms with Gasteiger partial charge in [0.2, 0.25) is 0 Å². The van der Waals surface area contributed by atoms with Gasteiger partial charge in [-0.25, -0.2) is 4.79 Å². The smallest absolute Gasteiger partial charge is 0.339 e. The first-order valence-corrected chi connectivity index (χ1v) is 5.03. The highest BCUT2D eigenvalue weighted by molar-refractivity contribution is 5.91. The van der Waals surface area contributed by atoms with Gasteiger partial charge in [-0.2, -0.15) is 0 Å². The van der Waals surface area contributed by atoms with Crippen LogP contribution in [0, 0.1) is 0 Å². The summed E-state index contributed by atoms with van der Waals surface area (Å²) in [4.78, 5) is 11.0. The molecule has 0 saturated heterocycles. The van der Waals surface area contributed by atoms with Gasteiger partial charge in [-0.3, -0.25) is 0 Å². The molecular weight excluding hydrogens is 220 g/mol. The first-order chi connectivity index (χ1) is 8.19. The van der Waals surface area contributed by atoms with Crippen LogP contribution < -0.4 is 9.47 Å². The third-order valence-electron chi connectivity index (χ3n) is 1.91. The first kappa shape index (κ1) is 12.8. The maximum atomic E-state index is 11.0. The molecule has 0 saturated carbocycles. The van der Waals surface area contributed by atoms with Gasteiger partial charge in [0.25, 0.3) is 0 Å². The second-order valence-corrected chi connectivity index (χ2v) is 3.16. The zero-order chi connectivity index (χ0) is 12.7. The standard InChI is InChI=1S/C13H14O4/c1-3-7-16-10-5-6-12(17-8-4-2)11(9-10)13(14)15/h3-6,9H,1-2,7-8H2,(H,14,15). The van der Waals surface area contributed by atoms with Crippen LogP contribution in [0.1, 0.15) is 10.4 Å². The molecule has 0 bridgehead atoms. The minimum Gasteiger partial charge on any atom is -0.490 e. The Kier molecular flexibility index (Phi) is 4.81. The lowest BCUT2D eigenvalue weighted by Crippen LogP contribution is -2.04. The monoisotopic (exact) mass is 234 g/mol. The van der Waals surface area contributed by atoms with E-state index in [-0.39, 0.29) is 12.2 Å². The average Bonchev–Trinajstić information content (AvgIpc) is 2.34. The molecule has 0 aliphatic rings. The van der Waals surface area contributed by atoms with Crippen LogP contribution in [-0.2, 0) is 0 Å². The van der Waals surface area contributed by atoms with Gasteiger partial charge < -0.3 is 14.6 Å². The lowest BCUT2D eigenvalue weighted by molar-refractivity contribution is 0.0692. The third kappa shape index (κ3) is 3.68. The van der Waals surface area contributed by atoms with Gasteiger partial charge in [0, 0.05) is 0 Å². The van der Waals surface area contributed by atoms with Crippen LogP contribution in [0.25, 0.3) is 0 Å². The zero-order valence-corrected chi connectivity index (χ0v) is 9.39. The Hall–Kier alpha value is -2.23. The van der Waals surface area contributed by atoms with Crippen LogP contribution in [0.15, 0.2) is 43.5 Å². The Morgan fingerprint density at radius 2 is 1.88 bits per heavy atom. The third-order valence-corrected chi connectivity index (χ3v) is 1.91. The minimum atomic E-state index is -1.06.